The number of anilines is 1. The molecule has 1 aliphatic rings. The molecule has 1 aliphatic carbocycles. The second-order valence-electron chi connectivity index (χ2n) is 4.08. The number of rotatable bonds is 5. The molecule has 2 N–H and O–H groups in total. The van der Waals surface area contributed by atoms with Crippen LogP contribution in [0.4, 0.5) is 5.82 Å². The molecule has 1 aromatic rings. The molecule has 0 spiro atoms. The predicted molar refractivity (Wildman–Crippen MR) is 63.5 cm³/mol. The summed E-state index contributed by atoms with van der Waals surface area (Å²) in [5.41, 5.74) is 0.630. The smallest absolute Gasteiger partial charge is 0.255 e. The minimum Gasteiger partial charge on any atom is -0.370 e. The summed E-state index contributed by atoms with van der Waals surface area (Å²) in [6.45, 7) is 3.54. The van der Waals surface area contributed by atoms with Crippen LogP contribution in [0.1, 0.15) is 30.1 Å². The Bertz CT molecular complexity index is 374. The summed E-state index contributed by atoms with van der Waals surface area (Å²) in [4.78, 5) is 16.0. The van der Waals surface area contributed by atoms with E-state index in [2.05, 4.69) is 15.6 Å². The van der Waals surface area contributed by atoms with Crippen molar-refractivity contribution in [2.75, 3.05) is 18.4 Å². The summed E-state index contributed by atoms with van der Waals surface area (Å²) in [5, 5.41) is 6.03. The molecule has 4 nitrogen and oxygen atoms in total. The van der Waals surface area contributed by atoms with Crippen LogP contribution >= 0.6 is 0 Å². The first kappa shape index (κ1) is 10.9. The van der Waals surface area contributed by atoms with Gasteiger partial charge in [0, 0.05) is 19.3 Å². The Hall–Kier alpha value is -1.58. The molecule has 1 saturated carbocycles. The van der Waals surface area contributed by atoms with Gasteiger partial charge in [-0.15, -0.1) is 0 Å². The van der Waals surface area contributed by atoms with E-state index in [0.29, 0.717) is 17.3 Å². The maximum absolute atomic E-state index is 11.9. The molecule has 16 heavy (non-hydrogen) atoms. The second kappa shape index (κ2) is 4.96. The number of hydrogen-bond donors (Lipinski definition) is 2. The summed E-state index contributed by atoms with van der Waals surface area (Å²) in [6, 6.07) is 3.58. The highest BCUT2D eigenvalue weighted by Gasteiger charge is 2.22. The molecule has 0 unspecified atom stereocenters. The highest BCUT2D eigenvalue weighted by Crippen LogP contribution is 2.27. The Kier molecular flexibility index (Phi) is 3.39. The van der Waals surface area contributed by atoms with Gasteiger partial charge in [-0.1, -0.05) is 0 Å². The SMILES string of the molecule is CCNc1ncccc1C(=O)NCC1CC1. The molecule has 0 saturated heterocycles. The number of aromatic nitrogens is 1. The van der Waals surface area contributed by atoms with Gasteiger partial charge in [0.05, 0.1) is 5.56 Å². The monoisotopic (exact) mass is 219 g/mol. The summed E-state index contributed by atoms with van der Waals surface area (Å²) in [7, 11) is 0. The van der Waals surface area contributed by atoms with E-state index in [9.17, 15) is 4.79 Å². The molecule has 86 valence electrons. The Labute approximate surface area is 95.5 Å². The maximum Gasteiger partial charge on any atom is 0.255 e. The zero-order chi connectivity index (χ0) is 11.4. The summed E-state index contributed by atoms with van der Waals surface area (Å²) >= 11 is 0. The van der Waals surface area contributed by atoms with Crippen LogP contribution in [0.3, 0.4) is 0 Å². The van der Waals surface area contributed by atoms with Crippen LogP contribution < -0.4 is 10.6 Å². The van der Waals surface area contributed by atoms with Crippen molar-refractivity contribution >= 4 is 11.7 Å². The van der Waals surface area contributed by atoms with Crippen LogP contribution in [-0.4, -0.2) is 24.0 Å². The Morgan fingerprint density at radius 2 is 2.38 bits per heavy atom. The van der Waals surface area contributed by atoms with Crippen molar-refractivity contribution in [2.45, 2.75) is 19.8 Å². The molecule has 0 aliphatic heterocycles. The van der Waals surface area contributed by atoms with E-state index >= 15 is 0 Å². The van der Waals surface area contributed by atoms with Gasteiger partial charge in [-0.25, -0.2) is 4.98 Å². The van der Waals surface area contributed by atoms with Crippen LogP contribution in [0.15, 0.2) is 18.3 Å². The lowest BCUT2D eigenvalue weighted by Gasteiger charge is -2.09. The Morgan fingerprint density at radius 1 is 1.56 bits per heavy atom. The summed E-state index contributed by atoms with van der Waals surface area (Å²) in [5.74, 6) is 1.33. The van der Waals surface area contributed by atoms with Crippen molar-refractivity contribution in [2.24, 2.45) is 5.92 Å². The zero-order valence-electron chi connectivity index (χ0n) is 9.49. The highest BCUT2D eigenvalue weighted by molar-refractivity contribution is 5.98. The molecule has 0 bridgehead atoms. The number of pyridine rings is 1. The van der Waals surface area contributed by atoms with Crippen molar-refractivity contribution in [3.63, 3.8) is 0 Å². The topological polar surface area (TPSA) is 54.0 Å². The molecule has 1 fully saturated rings. The maximum atomic E-state index is 11.9. The van der Waals surface area contributed by atoms with Gasteiger partial charge >= 0.3 is 0 Å². The van der Waals surface area contributed by atoms with Crippen molar-refractivity contribution in [3.05, 3.63) is 23.9 Å². The minimum atomic E-state index is -0.0315. The van der Waals surface area contributed by atoms with E-state index in [1.54, 1.807) is 18.3 Å². The molecule has 0 atom stereocenters. The zero-order valence-corrected chi connectivity index (χ0v) is 9.49. The number of nitrogens with one attached hydrogen (secondary N) is 2. The van der Waals surface area contributed by atoms with Crippen LogP contribution in [0, 0.1) is 5.92 Å². The number of amides is 1. The molecule has 0 aromatic carbocycles. The van der Waals surface area contributed by atoms with Gasteiger partial charge < -0.3 is 10.6 Å². The lowest BCUT2D eigenvalue weighted by molar-refractivity contribution is 0.0952. The molecule has 1 heterocycles. The molecule has 1 aromatic heterocycles. The Morgan fingerprint density at radius 3 is 3.06 bits per heavy atom. The first-order valence-corrected chi connectivity index (χ1v) is 5.78. The van der Waals surface area contributed by atoms with Gasteiger partial charge in [0.25, 0.3) is 5.91 Å². The Balaban J connectivity index is 2.01. The third kappa shape index (κ3) is 2.72. The average molecular weight is 219 g/mol. The minimum absolute atomic E-state index is 0.0315. The second-order valence-corrected chi connectivity index (χ2v) is 4.08. The molecule has 2 rings (SSSR count). The predicted octanol–water partition coefficient (Wildman–Crippen LogP) is 1.65. The molecule has 1 amide bonds. The van der Waals surface area contributed by atoms with Crippen LogP contribution in [0.5, 0.6) is 0 Å². The first-order valence-electron chi connectivity index (χ1n) is 5.78. The average Bonchev–Trinajstić information content (AvgIpc) is 3.11. The number of hydrogen-bond acceptors (Lipinski definition) is 3. The third-order valence-electron chi connectivity index (χ3n) is 2.64. The third-order valence-corrected chi connectivity index (χ3v) is 2.64. The van der Waals surface area contributed by atoms with E-state index < -0.39 is 0 Å². The lowest BCUT2D eigenvalue weighted by Crippen LogP contribution is -2.26. The highest BCUT2D eigenvalue weighted by atomic mass is 16.1. The van der Waals surface area contributed by atoms with Crippen molar-refractivity contribution in [3.8, 4) is 0 Å². The fourth-order valence-electron chi connectivity index (χ4n) is 1.55. The number of carbonyl (C=O) groups excluding carboxylic acids is 1. The standard InChI is InChI=1S/C12H17N3O/c1-2-13-11-10(4-3-7-14-11)12(16)15-8-9-5-6-9/h3-4,7,9H,2,5-6,8H2,1H3,(H,13,14)(H,15,16). The van der Waals surface area contributed by atoms with Crippen LogP contribution in [-0.2, 0) is 0 Å². The molecular weight excluding hydrogens is 202 g/mol. The normalized spacial score (nSPS) is 14.6. The van der Waals surface area contributed by atoms with E-state index in [1.807, 2.05) is 6.92 Å². The summed E-state index contributed by atoms with van der Waals surface area (Å²) < 4.78 is 0. The summed E-state index contributed by atoms with van der Waals surface area (Å²) in [6.07, 6.45) is 4.18. The molecular formula is C12H17N3O. The van der Waals surface area contributed by atoms with Crippen LogP contribution in [0.25, 0.3) is 0 Å². The van der Waals surface area contributed by atoms with Crippen molar-refractivity contribution < 1.29 is 4.79 Å². The first-order chi connectivity index (χ1) is 7.81. The molecule has 4 heteroatoms. The molecule has 0 radical (unpaired) electrons. The fraction of sp³-hybridized carbons (Fsp3) is 0.500. The van der Waals surface area contributed by atoms with Gasteiger partial charge in [-0.05, 0) is 37.8 Å². The number of nitrogens with zero attached hydrogens (tertiary/aromatic N) is 1. The van der Waals surface area contributed by atoms with E-state index in [1.165, 1.54) is 12.8 Å². The van der Waals surface area contributed by atoms with Gasteiger partial charge in [-0.2, -0.15) is 0 Å². The number of carbonyl (C=O) groups is 1. The van der Waals surface area contributed by atoms with E-state index in [-0.39, 0.29) is 5.91 Å². The van der Waals surface area contributed by atoms with Gasteiger partial charge in [0.2, 0.25) is 0 Å². The van der Waals surface area contributed by atoms with Crippen LogP contribution in [0.2, 0.25) is 0 Å². The van der Waals surface area contributed by atoms with Gasteiger partial charge in [-0.3, -0.25) is 4.79 Å². The van der Waals surface area contributed by atoms with Crippen molar-refractivity contribution in [1.29, 1.82) is 0 Å². The van der Waals surface area contributed by atoms with E-state index in [4.69, 9.17) is 0 Å². The lowest BCUT2D eigenvalue weighted by atomic mass is 10.2. The quantitative estimate of drug-likeness (QED) is 0.791. The fourth-order valence-corrected chi connectivity index (χ4v) is 1.55. The van der Waals surface area contributed by atoms with Gasteiger partial charge in [0.1, 0.15) is 5.82 Å². The van der Waals surface area contributed by atoms with E-state index in [0.717, 1.165) is 13.1 Å². The largest absolute Gasteiger partial charge is 0.370 e. The van der Waals surface area contributed by atoms with Gasteiger partial charge in [0.15, 0.2) is 0 Å². The van der Waals surface area contributed by atoms with Crippen molar-refractivity contribution in [1.82, 2.24) is 10.3 Å².